The summed E-state index contributed by atoms with van der Waals surface area (Å²) in [6.45, 7) is 1.82. The van der Waals surface area contributed by atoms with Crippen LogP contribution in [-0.4, -0.2) is 57.2 Å². The van der Waals surface area contributed by atoms with Crippen LogP contribution in [0.5, 0.6) is 0 Å². The van der Waals surface area contributed by atoms with Gasteiger partial charge in [-0.25, -0.2) is 9.59 Å². The van der Waals surface area contributed by atoms with E-state index in [9.17, 15) is 31.2 Å². The van der Waals surface area contributed by atoms with Crippen molar-refractivity contribution in [3.05, 3.63) is 11.8 Å². The van der Waals surface area contributed by atoms with Gasteiger partial charge < -0.3 is 13.7 Å². The van der Waals surface area contributed by atoms with Gasteiger partial charge in [-0.15, -0.1) is 0 Å². The predicted octanol–water partition coefficient (Wildman–Crippen LogP) is 2.17. The summed E-state index contributed by atoms with van der Waals surface area (Å²) in [5.41, 5.74) is -5.52. The van der Waals surface area contributed by atoms with Crippen molar-refractivity contribution in [2.75, 3.05) is 20.3 Å². The summed E-state index contributed by atoms with van der Waals surface area (Å²) in [7, 11) is -4.57. The summed E-state index contributed by atoms with van der Waals surface area (Å²) in [6.07, 6.45) is 0.912. The van der Waals surface area contributed by atoms with Gasteiger partial charge in [0.05, 0.1) is 13.7 Å². The highest BCUT2D eigenvalue weighted by atomic mass is 32.2. The number of fused-ring (bicyclic) bond motifs is 1. The Labute approximate surface area is 154 Å². The van der Waals surface area contributed by atoms with Gasteiger partial charge in [-0.2, -0.15) is 21.6 Å². The van der Waals surface area contributed by atoms with Gasteiger partial charge in [-0.1, -0.05) is 0 Å². The van der Waals surface area contributed by atoms with E-state index in [1.807, 2.05) is 0 Å². The Bertz CT molecular complexity index is 719. The standard InChI is InChI=1S/C15H20F3NO7S/c1-3-25-13(20)12-7-10-6-11(26-27(22,23)15(16,17)18)5-4-9(10)8-19(12)14(21)24-2/h6,9-10,12H,3-5,7-8H2,1-2H3/t9-,10-,12+/m1/s1. The van der Waals surface area contributed by atoms with Crippen LogP contribution >= 0.6 is 0 Å². The molecule has 1 fully saturated rings. The first-order valence-corrected chi connectivity index (χ1v) is 9.63. The maximum atomic E-state index is 12.5. The second-order valence-electron chi connectivity index (χ2n) is 6.20. The minimum absolute atomic E-state index is 0.0322. The van der Waals surface area contributed by atoms with E-state index in [2.05, 4.69) is 8.92 Å². The number of rotatable bonds is 4. The number of alkyl halides is 3. The van der Waals surface area contributed by atoms with E-state index in [-0.39, 0.29) is 37.7 Å². The Kier molecular flexibility index (Phi) is 6.28. The van der Waals surface area contributed by atoms with Gasteiger partial charge in [0.25, 0.3) is 0 Å². The molecule has 2 aliphatic rings. The predicted molar refractivity (Wildman–Crippen MR) is 84.5 cm³/mol. The lowest BCUT2D eigenvalue weighted by molar-refractivity contribution is -0.151. The number of amides is 1. The van der Waals surface area contributed by atoms with Gasteiger partial charge in [-0.05, 0) is 37.7 Å². The number of likely N-dealkylation sites (tertiary alicyclic amines) is 1. The van der Waals surface area contributed by atoms with Crippen LogP contribution < -0.4 is 0 Å². The summed E-state index contributed by atoms with van der Waals surface area (Å²) >= 11 is 0. The van der Waals surface area contributed by atoms with Crippen LogP contribution in [0.2, 0.25) is 0 Å². The number of halogens is 3. The molecule has 0 aromatic heterocycles. The number of carbonyl (C=O) groups excluding carboxylic acids is 2. The van der Waals surface area contributed by atoms with Crippen molar-refractivity contribution >= 4 is 22.2 Å². The van der Waals surface area contributed by atoms with Gasteiger partial charge in [0.2, 0.25) is 0 Å². The van der Waals surface area contributed by atoms with E-state index in [0.29, 0.717) is 6.42 Å². The number of esters is 1. The average molecular weight is 415 g/mol. The van der Waals surface area contributed by atoms with Crippen molar-refractivity contribution in [1.29, 1.82) is 0 Å². The number of methoxy groups -OCH3 is 1. The molecule has 0 aromatic carbocycles. The topological polar surface area (TPSA) is 99.2 Å². The molecule has 0 spiro atoms. The molecule has 8 nitrogen and oxygen atoms in total. The van der Waals surface area contributed by atoms with E-state index < -0.39 is 39.6 Å². The van der Waals surface area contributed by atoms with Gasteiger partial charge in [-0.3, -0.25) is 4.90 Å². The third-order valence-corrected chi connectivity index (χ3v) is 5.54. The highest BCUT2D eigenvalue weighted by Crippen LogP contribution is 2.39. The van der Waals surface area contributed by atoms with Crippen molar-refractivity contribution in [2.24, 2.45) is 11.8 Å². The lowest BCUT2D eigenvalue weighted by Gasteiger charge is -2.42. The molecule has 0 radical (unpaired) electrons. The zero-order valence-electron chi connectivity index (χ0n) is 14.7. The van der Waals surface area contributed by atoms with E-state index in [1.165, 1.54) is 18.1 Å². The molecular weight excluding hydrogens is 395 g/mol. The summed E-state index contributed by atoms with van der Waals surface area (Å²) in [6, 6.07) is -0.978. The lowest BCUT2D eigenvalue weighted by Crippen LogP contribution is -2.54. The quantitative estimate of drug-likeness (QED) is 0.394. The highest BCUT2D eigenvalue weighted by Gasteiger charge is 2.50. The Morgan fingerprint density at radius 1 is 1.33 bits per heavy atom. The van der Waals surface area contributed by atoms with Gasteiger partial charge in [0, 0.05) is 13.0 Å². The monoisotopic (exact) mass is 415 g/mol. The fourth-order valence-electron chi connectivity index (χ4n) is 3.29. The largest absolute Gasteiger partial charge is 0.534 e. The maximum Gasteiger partial charge on any atom is 0.534 e. The molecule has 0 bridgehead atoms. The van der Waals surface area contributed by atoms with Crippen LogP contribution in [0.1, 0.15) is 26.2 Å². The van der Waals surface area contributed by atoms with Crippen molar-refractivity contribution in [3.8, 4) is 0 Å². The first-order chi connectivity index (χ1) is 12.5. The molecule has 1 saturated heterocycles. The second kappa shape index (κ2) is 7.95. The zero-order valence-corrected chi connectivity index (χ0v) is 15.5. The first kappa shape index (κ1) is 21.3. The minimum Gasteiger partial charge on any atom is -0.464 e. The number of carbonyl (C=O) groups is 2. The lowest BCUT2D eigenvalue weighted by atomic mass is 9.76. The number of piperidine rings is 1. The van der Waals surface area contributed by atoms with Crippen molar-refractivity contribution in [2.45, 2.75) is 37.7 Å². The molecule has 0 saturated carbocycles. The van der Waals surface area contributed by atoms with E-state index in [1.54, 1.807) is 6.92 Å². The zero-order chi connectivity index (χ0) is 20.4. The molecular formula is C15H20F3NO7S. The first-order valence-electron chi connectivity index (χ1n) is 8.22. The highest BCUT2D eigenvalue weighted by molar-refractivity contribution is 7.87. The van der Waals surface area contributed by atoms with Crippen molar-refractivity contribution < 1.29 is 44.8 Å². The fourth-order valence-corrected chi connectivity index (χ4v) is 3.81. The van der Waals surface area contributed by atoms with Gasteiger partial charge in [0.15, 0.2) is 0 Å². The smallest absolute Gasteiger partial charge is 0.464 e. The molecule has 2 rings (SSSR count). The Balaban J connectivity index is 2.22. The minimum atomic E-state index is -5.75. The molecule has 1 heterocycles. The van der Waals surface area contributed by atoms with Crippen LogP contribution in [0, 0.1) is 11.8 Å². The number of ether oxygens (including phenoxy) is 2. The fraction of sp³-hybridized carbons (Fsp3) is 0.733. The SMILES string of the molecule is CCOC(=O)[C@@H]1C[C@H]2C=C(OS(=O)(=O)C(F)(F)F)CC[C@@H]2CN1C(=O)OC. The Morgan fingerprint density at radius 3 is 2.56 bits per heavy atom. The molecule has 0 aromatic rings. The van der Waals surface area contributed by atoms with Gasteiger partial charge >= 0.3 is 27.7 Å². The summed E-state index contributed by atoms with van der Waals surface area (Å²) in [5.74, 6) is -1.59. The van der Waals surface area contributed by atoms with Crippen molar-refractivity contribution in [3.63, 3.8) is 0 Å². The Hall–Kier alpha value is -1.98. The molecule has 1 aliphatic heterocycles. The molecule has 12 heteroatoms. The summed E-state index contributed by atoms with van der Waals surface area (Å²) in [4.78, 5) is 25.4. The van der Waals surface area contributed by atoms with Crippen LogP contribution in [0.15, 0.2) is 11.8 Å². The molecule has 27 heavy (non-hydrogen) atoms. The molecule has 3 atom stereocenters. The third kappa shape index (κ3) is 4.66. The van der Waals surface area contributed by atoms with Gasteiger partial charge in [0.1, 0.15) is 11.8 Å². The van der Waals surface area contributed by atoms with Crippen LogP contribution in [0.4, 0.5) is 18.0 Å². The normalized spacial score (nSPS) is 25.9. The van der Waals surface area contributed by atoms with Crippen LogP contribution in [-0.2, 0) is 28.6 Å². The molecule has 1 aliphatic carbocycles. The number of hydrogen-bond donors (Lipinski definition) is 0. The summed E-state index contributed by atoms with van der Waals surface area (Å²) in [5, 5.41) is 0. The number of hydrogen-bond acceptors (Lipinski definition) is 7. The van der Waals surface area contributed by atoms with E-state index in [4.69, 9.17) is 4.74 Å². The van der Waals surface area contributed by atoms with E-state index in [0.717, 1.165) is 0 Å². The molecule has 0 unspecified atom stereocenters. The maximum absolute atomic E-state index is 12.5. The number of nitrogens with zero attached hydrogens (tertiary/aromatic N) is 1. The third-order valence-electron chi connectivity index (χ3n) is 4.54. The molecule has 154 valence electrons. The summed E-state index contributed by atoms with van der Waals surface area (Å²) < 4.78 is 73.7. The van der Waals surface area contributed by atoms with Crippen LogP contribution in [0.25, 0.3) is 0 Å². The average Bonchev–Trinajstić information content (AvgIpc) is 2.58. The number of allylic oxidation sites excluding steroid dienone is 2. The van der Waals surface area contributed by atoms with E-state index >= 15 is 0 Å². The second-order valence-corrected chi connectivity index (χ2v) is 7.74. The Morgan fingerprint density at radius 2 is 2.00 bits per heavy atom. The van der Waals surface area contributed by atoms with Crippen LogP contribution in [0.3, 0.4) is 0 Å². The molecule has 1 amide bonds. The van der Waals surface area contributed by atoms with Crippen molar-refractivity contribution in [1.82, 2.24) is 4.90 Å². The molecule has 0 N–H and O–H groups in total.